The van der Waals surface area contributed by atoms with Gasteiger partial charge in [-0.1, -0.05) is 0 Å². The van der Waals surface area contributed by atoms with Gasteiger partial charge in [-0.3, -0.25) is 15.4 Å². The number of aryl methyl sites for hydroxylation is 1. The van der Waals surface area contributed by atoms with Gasteiger partial charge in [-0.05, 0) is 30.6 Å². The zero-order valence-corrected chi connectivity index (χ0v) is 14.7. The molecule has 9 heteroatoms. The molecule has 0 aliphatic carbocycles. The van der Waals surface area contributed by atoms with Crippen LogP contribution in [0, 0.1) is 6.92 Å². The fraction of sp³-hybridized carbons (Fsp3) is 0.118. The van der Waals surface area contributed by atoms with Gasteiger partial charge in [0.25, 0.3) is 0 Å². The Morgan fingerprint density at radius 2 is 2.19 bits per heavy atom. The van der Waals surface area contributed by atoms with Crippen LogP contribution in [0.2, 0.25) is 0 Å². The van der Waals surface area contributed by atoms with E-state index in [1.54, 1.807) is 24.7 Å². The molecule has 4 heterocycles. The zero-order valence-electron chi connectivity index (χ0n) is 13.9. The monoisotopic (exact) mass is 365 g/mol. The maximum atomic E-state index is 12.0. The number of aromatic nitrogens is 5. The molecule has 0 bridgehead atoms. The van der Waals surface area contributed by atoms with Gasteiger partial charge in [0.1, 0.15) is 11.5 Å². The summed E-state index contributed by atoms with van der Waals surface area (Å²) >= 11 is 1.35. The molecule has 8 nitrogen and oxygen atoms in total. The highest BCUT2D eigenvalue weighted by Crippen LogP contribution is 2.26. The standard InChI is InChI=1S/C17H15N7OS/c1-10-4-12(2-3-18-10)16-13-8-19-15(5-14(13)23-24-16)22-17(25)20-6-11-7-21-26-9-11/h2-5,7-9H,6H2,1H3,(H,23,24)(H2,19,20,22,25). The van der Waals surface area contributed by atoms with Gasteiger partial charge in [0, 0.05) is 58.8 Å². The van der Waals surface area contributed by atoms with Gasteiger partial charge in [-0.15, -0.1) is 0 Å². The number of fused-ring (bicyclic) bond motifs is 1. The van der Waals surface area contributed by atoms with Crippen molar-refractivity contribution in [3.63, 3.8) is 0 Å². The highest BCUT2D eigenvalue weighted by Gasteiger charge is 2.11. The first-order valence-corrected chi connectivity index (χ1v) is 8.73. The lowest BCUT2D eigenvalue weighted by Gasteiger charge is -2.06. The van der Waals surface area contributed by atoms with Crippen molar-refractivity contribution >= 4 is 34.3 Å². The molecule has 0 unspecified atom stereocenters. The van der Waals surface area contributed by atoms with Gasteiger partial charge in [-0.2, -0.15) is 5.10 Å². The van der Waals surface area contributed by atoms with Crippen LogP contribution < -0.4 is 10.6 Å². The molecule has 3 N–H and O–H groups in total. The Labute approximate surface area is 152 Å². The van der Waals surface area contributed by atoms with E-state index in [0.29, 0.717) is 12.4 Å². The van der Waals surface area contributed by atoms with E-state index in [9.17, 15) is 4.79 Å². The average Bonchev–Trinajstić information content (AvgIpc) is 3.29. The quantitative estimate of drug-likeness (QED) is 0.515. The topological polar surface area (TPSA) is 108 Å². The number of amides is 2. The maximum Gasteiger partial charge on any atom is 0.320 e. The number of carbonyl (C=O) groups excluding carboxylic acids is 1. The van der Waals surface area contributed by atoms with Crippen LogP contribution in [0.1, 0.15) is 11.3 Å². The van der Waals surface area contributed by atoms with Crippen LogP contribution in [-0.4, -0.2) is 30.6 Å². The largest absolute Gasteiger partial charge is 0.334 e. The van der Waals surface area contributed by atoms with Crippen LogP contribution in [0.15, 0.2) is 42.2 Å². The van der Waals surface area contributed by atoms with Gasteiger partial charge in [0.05, 0.1) is 5.52 Å². The highest BCUT2D eigenvalue weighted by molar-refractivity contribution is 7.03. The van der Waals surface area contributed by atoms with Crippen molar-refractivity contribution in [3.8, 4) is 11.3 Å². The van der Waals surface area contributed by atoms with E-state index in [2.05, 4.69) is 35.2 Å². The zero-order chi connectivity index (χ0) is 17.9. The molecule has 4 aromatic heterocycles. The van der Waals surface area contributed by atoms with Crippen LogP contribution in [0.3, 0.4) is 0 Å². The first-order valence-electron chi connectivity index (χ1n) is 7.89. The summed E-state index contributed by atoms with van der Waals surface area (Å²) < 4.78 is 3.99. The van der Waals surface area contributed by atoms with Crippen LogP contribution in [-0.2, 0) is 6.54 Å². The van der Waals surface area contributed by atoms with E-state index in [-0.39, 0.29) is 6.03 Å². The third kappa shape index (κ3) is 3.38. The molecule has 0 aliphatic rings. The molecule has 26 heavy (non-hydrogen) atoms. The maximum absolute atomic E-state index is 12.0. The summed E-state index contributed by atoms with van der Waals surface area (Å²) in [6.07, 6.45) is 5.17. The van der Waals surface area contributed by atoms with Crippen LogP contribution in [0.5, 0.6) is 0 Å². The number of nitrogens with one attached hydrogen (secondary N) is 3. The minimum absolute atomic E-state index is 0.326. The molecule has 0 fully saturated rings. The highest BCUT2D eigenvalue weighted by atomic mass is 32.1. The molecular weight excluding hydrogens is 350 g/mol. The second kappa shape index (κ2) is 6.89. The van der Waals surface area contributed by atoms with Gasteiger partial charge in [-0.25, -0.2) is 14.2 Å². The van der Waals surface area contributed by atoms with Crippen molar-refractivity contribution < 1.29 is 4.79 Å². The van der Waals surface area contributed by atoms with Crippen LogP contribution in [0.4, 0.5) is 10.6 Å². The van der Waals surface area contributed by atoms with Gasteiger partial charge in [0.2, 0.25) is 0 Å². The number of nitrogens with zero attached hydrogens (tertiary/aromatic N) is 4. The fourth-order valence-corrected chi connectivity index (χ4v) is 3.09. The Hall–Kier alpha value is -3.33. The lowest BCUT2D eigenvalue weighted by molar-refractivity contribution is 0.251. The molecule has 130 valence electrons. The number of urea groups is 1. The molecule has 4 aromatic rings. The average molecular weight is 365 g/mol. The van der Waals surface area contributed by atoms with Crippen LogP contribution in [0.25, 0.3) is 22.2 Å². The second-order valence-electron chi connectivity index (χ2n) is 5.71. The third-order valence-electron chi connectivity index (χ3n) is 3.80. The number of hydrogen-bond acceptors (Lipinski definition) is 6. The van der Waals surface area contributed by atoms with E-state index in [1.807, 2.05) is 24.4 Å². The van der Waals surface area contributed by atoms with Gasteiger partial charge >= 0.3 is 6.03 Å². The number of hydrogen-bond donors (Lipinski definition) is 3. The van der Waals surface area contributed by atoms with Crippen molar-refractivity contribution in [2.45, 2.75) is 13.5 Å². The number of H-pyrrole nitrogens is 1. The fourth-order valence-electron chi connectivity index (χ4n) is 2.55. The second-order valence-corrected chi connectivity index (χ2v) is 6.37. The van der Waals surface area contributed by atoms with Gasteiger partial charge in [0.15, 0.2) is 0 Å². The molecule has 0 atom stereocenters. The lowest BCUT2D eigenvalue weighted by atomic mass is 10.1. The van der Waals surface area contributed by atoms with Crippen molar-refractivity contribution in [1.82, 2.24) is 29.9 Å². The summed E-state index contributed by atoms with van der Waals surface area (Å²) in [6, 6.07) is 5.30. The predicted octanol–water partition coefficient (Wildman–Crippen LogP) is 3.11. The normalized spacial score (nSPS) is 10.8. The van der Waals surface area contributed by atoms with E-state index in [4.69, 9.17) is 0 Å². The van der Waals surface area contributed by atoms with Crippen LogP contribution >= 0.6 is 11.5 Å². The molecule has 0 saturated heterocycles. The number of anilines is 1. The Bertz CT molecular complexity index is 1060. The Morgan fingerprint density at radius 1 is 1.27 bits per heavy atom. The summed E-state index contributed by atoms with van der Waals surface area (Å²) in [5, 5.41) is 15.6. The number of carbonyl (C=O) groups is 1. The lowest BCUT2D eigenvalue weighted by Crippen LogP contribution is -2.28. The van der Waals surface area contributed by atoms with Crippen molar-refractivity contribution in [2.24, 2.45) is 0 Å². The number of pyridine rings is 2. The predicted molar refractivity (Wildman–Crippen MR) is 99.8 cm³/mol. The molecule has 0 saturated carbocycles. The first-order chi connectivity index (χ1) is 12.7. The van der Waals surface area contributed by atoms with Gasteiger partial charge < -0.3 is 5.32 Å². The third-order valence-corrected chi connectivity index (χ3v) is 4.43. The molecule has 0 aromatic carbocycles. The Balaban J connectivity index is 1.50. The summed E-state index contributed by atoms with van der Waals surface area (Å²) in [5.41, 5.74) is 4.44. The minimum atomic E-state index is -0.326. The summed E-state index contributed by atoms with van der Waals surface area (Å²) in [5.74, 6) is 0.444. The molecule has 0 radical (unpaired) electrons. The van der Waals surface area contributed by atoms with E-state index < -0.39 is 0 Å². The molecule has 4 rings (SSSR count). The van der Waals surface area contributed by atoms with E-state index in [0.717, 1.165) is 33.4 Å². The molecule has 2 amide bonds. The van der Waals surface area contributed by atoms with Crippen molar-refractivity contribution in [3.05, 3.63) is 53.4 Å². The summed E-state index contributed by atoms with van der Waals surface area (Å²) in [7, 11) is 0. The summed E-state index contributed by atoms with van der Waals surface area (Å²) in [4.78, 5) is 20.5. The number of rotatable bonds is 4. The smallest absolute Gasteiger partial charge is 0.320 e. The minimum Gasteiger partial charge on any atom is -0.334 e. The van der Waals surface area contributed by atoms with E-state index in [1.165, 1.54) is 11.5 Å². The molecular formula is C17H15N7OS. The summed E-state index contributed by atoms with van der Waals surface area (Å²) in [6.45, 7) is 2.35. The number of aromatic amines is 1. The van der Waals surface area contributed by atoms with Crippen molar-refractivity contribution in [1.29, 1.82) is 0 Å². The van der Waals surface area contributed by atoms with Crippen molar-refractivity contribution in [2.75, 3.05) is 5.32 Å². The molecule has 0 spiro atoms. The molecule has 0 aliphatic heterocycles. The first kappa shape index (κ1) is 16.2. The van der Waals surface area contributed by atoms with E-state index >= 15 is 0 Å². The Kier molecular flexibility index (Phi) is 4.28. The Morgan fingerprint density at radius 3 is 3.00 bits per heavy atom. The SMILES string of the molecule is Cc1cc(-c2n[nH]c3cc(NC(=O)NCc4cnsc4)ncc23)ccn1.